The molecule has 156 valence electrons. The fourth-order valence-electron chi connectivity index (χ4n) is 4.76. The number of aromatic nitrogens is 2. The van der Waals surface area contributed by atoms with E-state index in [1.54, 1.807) is 0 Å². The molecule has 0 bridgehead atoms. The van der Waals surface area contributed by atoms with Crippen molar-refractivity contribution < 1.29 is 13.5 Å². The average Bonchev–Trinajstić information content (AvgIpc) is 3.41. The third-order valence-electron chi connectivity index (χ3n) is 6.32. The topological polar surface area (TPSA) is 56.3 Å². The second-order valence-electron chi connectivity index (χ2n) is 8.39. The van der Waals surface area contributed by atoms with E-state index in [2.05, 4.69) is 11.1 Å². The zero-order chi connectivity index (χ0) is 20.0. The molecular weight excluding hydrogens is 394 g/mol. The number of benzene rings is 1. The third-order valence-corrected chi connectivity index (χ3v) is 7.50. The first-order valence-electron chi connectivity index (χ1n) is 10.4. The lowest BCUT2D eigenvalue weighted by atomic mass is 9.93. The maximum absolute atomic E-state index is 14.1. The van der Waals surface area contributed by atoms with Crippen LogP contribution in [0.5, 0.6) is 0 Å². The Labute approximate surface area is 173 Å². The van der Waals surface area contributed by atoms with Gasteiger partial charge in [-0.3, -0.25) is 4.90 Å². The Morgan fingerprint density at radius 2 is 2.00 bits per heavy atom. The highest BCUT2D eigenvalue weighted by Gasteiger charge is 2.37. The number of nitrogens with two attached hydrogens (primary N) is 1. The van der Waals surface area contributed by atoms with Crippen molar-refractivity contribution in [1.29, 1.82) is 0 Å². The zero-order valence-corrected chi connectivity index (χ0v) is 17.1. The van der Waals surface area contributed by atoms with E-state index in [1.807, 2.05) is 16.0 Å². The quantitative estimate of drug-likeness (QED) is 0.816. The minimum absolute atomic E-state index is 0.156. The minimum atomic E-state index is -0.612. The summed E-state index contributed by atoms with van der Waals surface area (Å²) in [6, 6.07) is 3.21. The van der Waals surface area contributed by atoms with Crippen molar-refractivity contribution in [2.24, 2.45) is 5.73 Å². The van der Waals surface area contributed by atoms with Crippen LogP contribution in [0.1, 0.15) is 55.0 Å². The molecular formula is C21H26F2N4OS. The van der Waals surface area contributed by atoms with Crippen LogP contribution in [-0.4, -0.2) is 38.0 Å². The summed E-state index contributed by atoms with van der Waals surface area (Å²) in [4.78, 5) is 2.33. The summed E-state index contributed by atoms with van der Waals surface area (Å²) < 4.78 is 35.6. The van der Waals surface area contributed by atoms with Crippen molar-refractivity contribution >= 4 is 11.9 Å². The smallest absolute Gasteiger partial charge is 0.129 e. The van der Waals surface area contributed by atoms with Crippen LogP contribution in [0.2, 0.25) is 0 Å². The van der Waals surface area contributed by atoms with Crippen LogP contribution < -0.4 is 5.73 Å². The molecule has 2 N–H and O–H groups in total. The number of hydrogen-bond acceptors (Lipinski definition) is 5. The lowest BCUT2D eigenvalue weighted by molar-refractivity contribution is -0.0533. The SMILES string of the molecule is NC1CC(N2Cc3cn(SC4CCCC4)nc3C2)CO[C@@H]1c1cc(F)ccc1F. The van der Waals surface area contributed by atoms with Crippen molar-refractivity contribution in [3.8, 4) is 0 Å². The molecule has 1 aliphatic carbocycles. The summed E-state index contributed by atoms with van der Waals surface area (Å²) in [5, 5.41) is 5.47. The predicted octanol–water partition coefficient (Wildman–Crippen LogP) is 3.77. The summed E-state index contributed by atoms with van der Waals surface area (Å²) in [7, 11) is 0. The van der Waals surface area contributed by atoms with Gasteiger partial charge < -0.3 is 10.5 Å². The van der Waals surface area contributed by atoms with Gasteiger partial charge in [0.2, 0.25) is 0 Å². The van der Waals surface area contributed by atoms with E-state index in [4.69, 9.17) is 15.6 Å². The summed E-state index contributed by atoms with van der Waals surface area (Å²) in [5.41, 5.74) is 8.92. The van der Waals surface area contributed by atoms with Gasteiger partial charge in [-0.05, 0) is 49.4 Å². The highest BCUT2D eigenvalue weighted by Crippen LogP contribution is 2.35. The minimum Gasteiger partial charge on any atom is -0.370 e. The molecule has 5 nitrogen and oxygen atoms in total. The monoisotopic (exact) mass is 420 g/mol. The van der Waals surface area contributed by atoms with E-state index < -0.39 is 17.7 Å². The summed E-state index contributed by atoms with van der Waals surface area (Å²) in [6.45, 7) is 2.07. The van der Waals surface area contributed by atoms with Gasteiger partial charge in [0.05, 0.1) is 12.3 Å². The number of hydrogen-bond donors (Lipinski definition) is 1. The molecule has 0 spiro atoms. The molecule has 3 atom stereocenters. The normalized spacial score (nSPS) is 28.2. The Bertz CT molecular complexity index is 862. The van der Waals surface area contributed by atoms with Gasteiger partial charge in [-0.2, -0.15) is 5.10 Å². The maximum Gasteiger partial charge on any atom is 0.129 e. The van der Waals surface area contributed by atoms with E-state index in [0.717, 1.165) is 30.9 Å². The largest absolute Gasteiger partial charge is 0.370 e. The molecule has 2 aliphatic heterocycles. The Morgan fingerprint density at radius 1 is 1.17 bits per heavy atom. The van der Waals surface area contributed by atoms with Gasteiger partial charge in [0, 0.05) is 47.7 Å². The second-order valence-corrected chi connectivity index (χ2v) is 9.65. The van der Waals surface area contributed by atoms with Crippen molar-refractivity contribution in [3.05, 3.63) is 52.9 Å². The van der Waals surface area contributed by atoms with Crippen LogP contribution >= 0.6 is 11.9 Å². The molecule has 2 fully saturated rings. The first-order valence-corrected chi connectivity index (χ1v) is 11.2. The van der Waals surface area contributed by atoms with Crippen LogP contribution in [-0.2, 0) is 17.8 Å². The molecule has 1 saturated carbocycles. The molecule has 1 saturated heterocycles. The van der Waals surface area contributed by atoms with Crippen LogP contribution in [0.15, 0.2) is 24.4 Å². The van der Waals surface area contributed by atoms with E-state index >= 15 is 0 Å². The molecule has 3 heterocycles. The molecule has 1 aromatic carbocycles. The van der Waals surface area contributed by atoms with Crippen molar-refractivity contribution in [1.82, 2.24) is 14.1 Å². The number of ether oxygens (including phenoxy) is 1. The van der Waals surface area contributed by atoms with Gasteiger partial charge in [0.1, 0.15) is 17.7 Å². The standard InChI is InChI=1S/C21H26F2N4OS/c22-14-5-6-18(23)17(7-14)21-19(24)8-15(12-28-21)26-9-13-10-27(25-20(13)11-26)29-16-3-1-2-4-16/h5-7,10,15-16,19,21H,1-4,8-9,11-12,24H2/t15?,19?,21-/m1/s1. The number of rotatable bonds is 4. The zero-order valence-electron chi connectivity index (χ0n) is 16.3. The molecule has 29 heavy (non-hydrogen) atoms. The highest BCUT2D eigenvalue weighted by atomic mass is 32.2. The molecule has 0 radical (unpaired) electrons. The Morgan fingerprint density at radius 3 is 2.76 bits per heavy atom. The average molecular weight is 421 g/mol. The van der Waals surface area contributed by atoms with Gasteiger partial charge in [0.25, 0.3) is 0 Å². The van der Waals surface area contributed by atoms with Gasteiger partial charge in [0.15, 0.2) is 0 Å². The fraction of sp³-hybridized carbons (Fsp3) is 0.571. The lowest BCUT2D eigenvalue weighted by Crippen LogP contribution is -2.47. The van der Waals surface area contributed by atoms with Crippen LogP contribution in [0, 0.1) is 11.6 Å². The second kappa shape index (κ2) is 7.98. The van der Waals surface area contributed by atoms with Gasteiger partial charge in [-0.25, -0.2) is 12.9 Å². The van der Waals surface area contributed by atoms with Gasteiger partial charge in [-0.15, -0.1) is 0 Å². The molecule has 2 aromatic rings. The van der Waals surface area contributed by atoms with Crippen LogP contribution in [0.25, 0.3) is 0 Å². The predicted molar refractivity (Wildman–Crippen MR) is 108 cm³/mol. The summed E-state index contributed by atoms with van der Waals surface area (Å²) in [6.07, 6.45) is 7.45. The van der Waals surface area contributed by atoms with E-state index in [9.17, 15) is 8.78 Å². The van der Waals surface area contributed by atoms with E-state index in [1.165, 1.54) is 37.3 Å². The molecule has 5 rings (SSSR count). The fourth-order valence-corrected chi connectivity index (χ4v) is 5.95. The molecule has 8 heteroatoms. The molecule has 0 amide bonds. The van der Waals surface area contributed by atoms with E-state index in [0.29, 0.717) is 18.3 Å². The summed E-state index contributed by atoms with van der Waals surface area (Å²) >= 11 is 1.85. The highest BCUT2D eigenvalue weighted by molar-refractivity contribution is 7.98. The first kappa shape index (κ1) is 19.5. The number of fused-ring (bicyclic) bond motifs is 1. The third kappa shape index (κ3) is 3.95. The summed E-state index contributed by atoms with van der Waals surface area (Å²) in [5.74, 6) is -0.947. The Kier molecular flexibility index (Phi) is 5.36. The number of nitrogens with zero attached hydrogens (tertiary/aromatic N) is 3. The van der Waals surface area contributed by atoms with Crippen molar-refractivity contribution in [2.75, 3.05) is 6.61 Å². The molecule has 3 aliphatic rings. The van der Waals surface area contributed by atoms with E-state index in [-0.39, 0.29) is 17.6 Å². The Balaban J connectivity index is 1.20. The maximum atomic E-state index is 14.1. The van der Waals surface area contributed by atoms with Gasteiger partial charge in [-0.1, -0.05) is 12.8 Å². The number of halogens is 2. The van der Waals surface area contributed by atoms with Gasteiger partial charge >= 0.3 is 0 Å². The lowest BCUT2D eigenvalue weighted by Gasteiger charge is -2.38. The van der Waals surface area contributed by atoms with Crippen LogP contribution in [0.3, 0.4) is 0 Å². The Hall–Kier alpha value is -1.48. The van der Waals surface area contributed by atoms with Crippen molar-refractivity contribution in [3.63, 3.8) is 0 Å². The van der Waals surface area contributed by atoms with Crippen LogP contribution in [0.4, 0.5) is 8.78 Å². The first-order chi connectivity index (χ1) is 14.1. The van der Waals surface area contributed by atoms with Crippen molar-refractivity contribution in [2.45, 2.75) is 68.6 Å². The molecule has 1 aromatic heterocycles. The molecule has 2 unspecified atom stereocenters.